The molecule has 0 N–H and O–H groups in total. The Morgan fingerprint density at radius 3 is 2.55 bits per heavy atom. The highest BCUT2D eigenvalue weighted by Gasteiger charge is 2.14. The Labute approximate surface area is 140 Å². The lowest BCUT2D eigenvalue weighted by Crippen LogP contribution is -2.26. The van der Waals surface area contributed by atoms with Gasteiger partial charge in [0.1, 0.15) is 0 Å². The van der Waals surface area contributed by atoms with Crippen LogP contribution in [0.15, 0.2) is 51.4 Å². The van der Waals surface area contributed by atoms with Crippen molar-refractivity contribution in [2.75, 3.05) is 7.05 Å². The molecule has 0 saturated carbocycles. The summed E-state index contributed by atoms with van der Waals surface area (Å²) in [6, 6.07) is 13.0. The van der Waals surface area contributed by atoms with E-state index >= 15 is 0 Å². The van der Waals surface area contributed by atoms with Gasteiger partial charge in [0.25, 0.3) is 5.91 Å². The lowest BCUT2D eigenvalue weighted by molar-refractivity contribution is 0.0785. The van der Waals surface area contributed by atoms with Crippen molar-refractivity contribution in [3.05, 3.63) is 67.6 Å². The summed E-state index contributed by atoms with van der Waals surface area (Å²) in [6.45, 7) is 0.532. The van der Waals surface area contributed by atoms with Gasteiger partial charge in [0.2, 0.25) is 0 Å². The Balaban J connectivity index is 2.18. The zero-order chi connectivity index (χ0) is 14.7. The molecule has 0 spiro atoms. The molecule has 0 heterocycles. The fraction of sp³-hybridized carbons (Fsp3) is 0.133. The molecule has 0 radical (unpaired) electrons. The van der Waals surface area contributed by atoms with Crippen LogP contribution in [0.5, 0.6) is 0 Å². The summed E-state index contributed by atoms with van der Waals surface area (Å²) >= 11 is 12.8. The third-order valence-electron chi connectivity index (χ3n) is 2.82. The molecule has 20 heavy (non-hydrogen) atoms. The van der Waals surface area contributed by atoms with Gasteiger partial charge in [0.15, 0.2) is 0 Å². The van der Waals surface area contributed by atoms with Crippen LogP contribution < -0.4 is 0 Å². The molecule has 2 aromatic carbocycles. The fourth-order valence-electron chi connectivity index (χ4n) is 1.85. The third-order valence-corrected chi connectivity index (χ3v) is 4.27. The molecule has 0 saturated heterocycles. The predicted molar refractivity (Wildman–Crippen MR) is 89.1 cm³/mol. The highest BCUT2D eigenvalue weighted by atomic mass is 79.9. The minimum absolute atomic E-state index is 0.0658. The molecule has 1 amide bonds. The molecule has 0 bridgehead atoms. The van der Waals surface area contributed by atoms with Gasteiger partial charge in [-0.1, -0.05) is 61.7 Å². The first kappa shape index (κ1) is 15.5. The van der Waals surface area contributed by atoms with Crippen LogP contribution in [-0.2, 0) is 6.54 Å². The van der Waals surface area contributed by atoms with Gasteiger partial charge in [-0.25, -0.2) is 0 Å². The van der Waals surface area contributed by atoms with Crippen LogP contribution in [-0.4, -0.2) is 17.9 Å². The van der Waals surface area contributed by atoms with E-state index in [-0.39, 0.29) is 5.91 Å². The maximum Gasteiger partial charge on any atom is 0.253 e. The van der Waals surface area contributed by atoms with Crippen molar-refractivity contribution < 1.29 is 4.79 Å². The van der Waals surface area contributed by atoms with Gasteiger partial charge in [-0.15, -0.1) is 0 Å². The van der Waals surface area contributed by atoms with Crippen molar-refractivity contribution >= 4 is 49.4 Å². The fourth-order valence-corrected chi connectivity index (χ4v) is 3.12. The predicted octanol–water partition coefficient (Wildman–Crippen LogP) is 5.14. The molecule has 5 heteroatoms. The maximum absolute atomic E-state index is 12.4. The number of rotatable bonds is 3. The van der Waals surface area contributed by atoms with E-state index in [1.807, 2.05) is 24.3 Å². The topological polar surface area (TPSA) is 20.3 Å². The van der Waals surface area contributed by atoms with Crippen LogP contribution >= 0.6 is 43.5 Å². The monoisotopic (exact) mass is 415 g/mol. The second-order valence-corrected chi connectivity index (χ2v) is 6.62. The van der Waals surface area contributed by atoms with Gasteiger partial charge < -0.3 is 4.90 Å². The van der Waals surface area contributed by atoms with E-state index in [0.29, 0.717) is 17.1 Å². The standard InChI is InChI=1S/C15H12Br2ClNO/c1-19(9-10-4-2-3-5-14(10)17)15(20)11-6-12(16)8-13(18)7-11/h2-8H,9H2,1H3. The smallest absolute Gasteiger partial charge is 0.253 e. The van der Waals surface area contributed by atoms with Gasteiger partial charge in [0, 0.05) is 33.1 Å². The molecular weight excluding hydrogens is 405 g/mol. The highest BCUT2D eigenvalue weighted by molar-refractivity contribution is 9.10. The lowest BCUT2D eigenvalue weighted by atomic mass is 10.1. The number of nitrogens with zero attached hydrogens (tertiary/aromatic N) is 1. The van der Waals surface area contributed by atoms with E-state index < -0.39 is 0 Å². The summed E-state index contributed by atoms with van der Waals surface area (Å²) in [5.74, 6) is -0.0658. The van der Waals surface area contributed by atoms with Crippen LogP contribution in [0.4, 0.5) is 0 Å². The SMILES string of the molecule is CN(Cc1ccccc1Br)C(=O)c1cc(Cl)cc(Br)c1. The van der Waals surface area contributed by atoms with Gasteiger partial charge in [-0.2, -0.15) is 0 Å². The Morgan fingerprint density at radius 1 is 1.20 bits per heavy atom. The quantitative estimate of drug-likeness (QED) is 0.677. The largest absolute Gasteiger partial charge is 0.337 e. The van der Waals surface area contributed by atoms with E-state index in [2.05, 4.69) is 31.9 Å². The molecule has 0 atom stereocenters. The molecule has 0 fully saturated rings. The Hall–Kier alpha value is -0.840. The molecule has 0 aliphatic rings. The number of hydrogen-bond acceptors (Lipinski definition) is 1. The molecule has 2 rings (SSSR count). The Kier molecular flexibility index (Phi) is 5.24. The number of carbonyl (C=O) groups is 1. The van der Waals surface area contributed by atoms with Gasteiger partial charge >= 0.3 is 0 Å². The molecule has 2 aromatic rings. The zero-order valence-electron chi connectivity index (χ0n) is 10.7. The van der Waals surface area contributed by atoms with Gasteiger partial charge in [-0.3, -0.25) is 4.79 Å². The van der Waals surface area contributed by atoms with Crippen LogP contribution in [0.1, 0.15) is 15.9 Å². The highest BCUT2D eigenvalue weighted by Crippen LogP contribution is 2.22. The van der Waals surface area contributed by atoms with Crippen LogP contribution in [0.3, 0.4) is 0 Å². The average molecular weight is 418 g/mol. The zero-order valence-corrected chi connectivity index (χ0v) is 14.7. The van der Waals surface area contributed by atoms with Crippen LogP contribution in [0, 0.1) is 0 Å². The first-order valence-electron chi connectivity index (χ1n) is 5.92. The summed E-state index contributed by atoms with van der Waals surface area (Å²) in [5.41, 5.74) is 1.63. The third kappa shape index (κ3) is 3.84. The number of hydrogen-bond donors (Lipinski definition) is 0. The molecule has 2 nitrogen and oxygen atoms in total. The van der Waals surface area contributed by atoms with E-state index in [1.54, 1.807) is 30.1 Å². The van der Waals surface area contributed by atoms with Crippen molar-refractivity contribution in [2.45, 2.75) is 6.54 Å². The number of halogens is 3. The minimum Gasteiger partial charge on any atom is -0.337 e. The molecule has 0 aromatic heterocycles. The van der Waals surface area contributed by atoms with Crippen molar-refractivity contribution in [2.24, 2.45) is 0 Å². The van der Waals surface area contributed by atoms with Gasteiger partial charge in [-0.05, 0) is 29.8 Å². The molecule has 0 unspecified atom stereocenters. The second kappa shape index (κ2) is 6.74. The summed E-state index contributed by atoms with van der Waals surface area (Å²) in [4.78, 5) is 14.1. The molecule has 0 aliphatic heterocycles. The summed E-state index contributed by atoms with van der Waals surface area (Å²) in [5, 5.41) is 0.539. The van der Waals surface area contributed by atoms with Gasteiger partial charge in [0.05, 0.1) is 0 Å². The molecule has 104 valence electrons. The van der Waals surface area contributed by atoms with Crippen molar-refractivity contribution in [3.8, 4) is 0 Å². The second-order valence-electron chi connectivity index (χ2n) is 4.41. The number of carbonyl (C=O) groups excluding carboxylic acids is 1. The Morgan fingerprint density at radius 2 is 1.90 bits per heavy atom. The Bertz CT molecular complexity index is 625. The molecule has 0 aliphatic carbocycles. The first-order valence-corrected chi connectivity index (χ1v) is 7.89. The maximum atomic E-state index is 12.4. The number of amides is 1. The summed E-state index contributed by atoms with van der Waals surface area (Å²) < 4.78 is 1.79. The normalized spacial score (nSPS) is 10.4. The van der Waals surface area contributed by atoms with E-state index in [0.717, 1.165) is 14.5 Å². The van der Waals surface area contributed by atoms with Crippen LogP contribution in [0.25, 0.3) is 0 Å². The minimum atomic E-state index is -0.0658. The van der Waals surface area contributed by atoms with E-state index in [1.165, 1.54) is 0 Å². The summed E-state index contributed by atoms with van der Waals surface area (Å²) in [6.07, 6.45) is 0. The molecular formula is C15H12Br2ClNO. The lowest BCUT2D eigenvalue weighted by Gasteiger charge is -2.18. The van der Waals surface area contributed by atoms with Crippen molar-refractivity contribution in [3.63, 3.8) is 0 Å². The average Bonchev–Trinajstić information content (AvgIpc) is 2.39. The first-order chi connectivity index (χ1) is 9.47. The number of benzene rings is 2. The van der Waals surface area contributed by atoms with Crippen LogP contribution in [0.2, 0.25) is 5.02 Å². The van der Waals surface area contributed by atoms with Crippen molar-refractivity contribution in [1.29, 1.82) is 0 Å². The van der Waals surface area contributed by atoms with E-state index in [9.17, 15) is 4.79 Å². The summed E-state index contributed by atoms with van der Waals surface area (Å²) in [7, 11) is 1.77. The van der Waals surface area contributed by atoms with E-state index in [4.69, 9.17) is 11.6 Å². The van der Waals surface area contributed by atoms with Crippen molar-refractivity contribution in [1.82, 2.24) is 4.90 Å².